The van der Waals surface area contributed by atoms with E-state index in [0.29, 0.717) is 12.0 Å². The van der Waals surface area contributed by atoms with Gasteiger partial charge in [0.05, 0.1) is 18.4 Å². The highest BCUT2D eigenvalue weighted by Crippen LogP contribution is 2.17. The summed E-state index contributed by atoms with van der Waals surface area (Å²) >= 11 is 0. The van der Waals surface area contributed by atoms with Gasteiger partial charge in [0.2, 0.25) is 0 Å². The quantitative estimate of drug-likeness (QED) is 0.705. The third kappa shape index (κ3) is 1.73. The average Bonchev–Trinajstić information content (AvgIpc) is 2.34. The van der Waals surface area contributed by atoms with E-state index in [1.807, 2.05) is 0 Å². The lowest BCUT2D eigenvalue weighted by atomic mass is 10.1. The first-order chi connectivity index (χ1) is 5.11. The van der Waals surface area contributed by atoms with Crippen molar-refractivity contribution in [2.75, 3.05) is 0 Å². The summed E-state index contributed by atoms with van der Waals surface area (Å²) < 4.78 is 1.78. The second-order valence-corrected chi connectivity index (χ2v) is 3.16. The first kappa shape index (κ1) is 8.11. The Morgan fingerprint density at radius 2 is 2.09 bits per heavy atom. The summed E-state index contributed by atoms with van der Waals surface area (Å²) in [5, 5.41) is 13.0. The van der Waals surface area contributed by atoms with Crippen LogP contribution in [-0.4, -0.2) is 14.9 Å². The number of nitrogens with zero attached hydrogens (tertiary/aromatic N) is 2. The van der Waals surface area contributed by atoms with E-state index in [0.717, 1.165) is 0 Å². The molecule has 0 aliphatic carbocycles. The van der Waals surface area contributed by atoms with Crippen molar-refractivity contribution >= 4 is 0 Å². The summed E-state index contributed by atoms with van der Waals surface area (Å²) in [5.41, 5.74) is 0. The normalized spacial score (nSPS) is 13.8. The molecule has 62 valence electrons. The van der Waals surface area contributed by atoms with Gasteiger partial charge in [0, 0.05) is 0 Å². The van der Waals surface area contributed by atoms with E-state index in [1.165, 1.54) is 6.20 Å². The van der Waals surface area contributed by atoms with Crippen molar-refractivity contribution in [2.45, 2.75) is 26.8 Å². The van der Waals surface area contributed by atoms with Crippen molar-refractivity contribution in [1.29, 1.82) is 0 Å². The molecule has 0 aliphatic rings. The van der Waals surface area contributed by atoms with Gasteiger partial charge in [-0.2, -0.15) is 5.10 Å². The first-order valence-corrected chi connectivity index (χ1v) is 3.84. The predicted molar refractivity (Wildman–Crippen MR) is 43.4 cm³/mol. The molecule has 0 radical (unpaired) electrons. The van der Waals surface area contributed by atoms with Gasteiger partial charge in [-0.05, 0) is 12.8 Å². The average molecular weight is 154 g/mol. The molecule has 0 fully saturated rings. The molecule has 0 aromatic carbocycles. The fraction of sp³-hybridized carbons (Fsp3) is 0.625. The topological polar surface area (TPSA) is 38.0 Å². The van der Waals surface area contributed by atoms with Crippen LogP contribution in [0.3, 0.4) is 0 Å². The van der Waals surface area contributed by atoms with Crippen molar-refractivity contribution in [3.05, 3.63) is 12.4 Å². The highest BCUT2D eigenvalue weighted by Gasteiger charge is 2.09. The number of aromatic nitrogens is 2. The molecule has 1 unspecified atom stereocenters. The van der Waals surface area contributed by atoms with Crippen molar-refractivity contribution < 1.29 is 5.11 Å². The molecule has 11 heavy (non-hydrogen) atoms. The van der Waals surface area contributed by atoms with Crippen LogP contribution >= 0.6 is 0 Å². The van der Waals surface area contributed by atoms with Crippen LogP contribution in [-0.2, 0) is 0 Å². The van der Waals surface area contributed by atoms with E-state index in [9.17, 15) is 0 Å². The van der Waals surface area contributed by atoms with Crippen LogP contribution in [0.25, 0.3) is 0 Å². The van der Waals surface area contributed by atoms with Crippen LogP contribution in [0.15, 0.2) is 12.4 Å². The second-order valence-electron chi connectivity index (χ2n) is 3.16. The number of rotatable bonds is 2. The van der Waals surface area contributed by atoms with Gasteiger partial charge in [-0.25, -0.2) is 0 Å². The van der Waals surface area contributed by atoms with Gasteiger partial charge in [0.1, 0.15) is 0 Å². The van der Waals surface area contributed by atoms with E-state index in [4.69, 9.17) is 5.11 Å². The largest absolute Gasteiger partial charge is 0.505 e. The Morgan fingerprint density at radius 1 is 1.45 bits per heavy atom. The van der Waals surface area contributed by atoms with Crippen LogP contribution in [0, 0.1) is 5.92 Å². The zero-order valence-corrected chi connectivity index (χ0v) is 7.15. The maximum Gasteiger partial charge on any atom is 0.153 e. The summed E-state index contributed by atoms with van der Waals surface area (Å²) in [6.07, 6.45) is 3.10. The maximum absolute atomic E-state index is 9.00. The van der Waals surface area contributed by atoms with Crippen molar-refractivity contribution in [2.24, 2.45) is 5.92 Å². The van der Waals surface area contributed by atoms with Gasteiger partial charge in [0.25, 0.3) is 0 Å². The monoisotopic (exact) mass is 154 g/mol. The smallest absolute Gasteiger partial charge is 0.153 e. The summed E-state index contributed by atoms with van der Waals surface area (Å²) in [4.78, 5) is 0. The van der Waals surface area contributed by atoms with Gasteiger partial charge in [-0.3, -0.25) is 4.68 Å². The maximum atomic E-state index is 9.00. The number of hydrogen-bond donors (Lipinski definition) is 1. The minimum absolute atomic E-state index is 0.234. The van der Waals surface area contributed by atoms with Crippen LogP contribution in [0.5, 0.6) is 5.75 Å². The van der Waals surface area contributed by atoms with E-state index in [1.54, 1.807) is 10.9 Å². The van der Waals surface area contributed by atoms with E-state index < -0.39 is 0 Å². The number of aromatic hydroxyl groups is 1. The molecule has 0 saturated carbocycles. The molecular formula is C8H14N2O. The van der Waals surface area contributed by atoms with Crippen LogP contribution < -0.4 is 0 Å². The summed E-state index contributed by atoms with van der Waals surface area (Å²) in [5.74, 6) is 0.770. The van der Waals surface area contributed by atoms with Crippen LogP contribution in [0.4, 0.5) is 0 Å². The molecule has 1 heterocycles. The van der Waals surface area contributed by atoms with Crippen LogP contribution in [0.2, 0.25) is 0 Å². The molecule has 1 aromatic heterocycles. The molecular weight excluding hydrogens is 140 g/mol. The first-order valence-electron chi connectivity index (χ1n) is 3.84. The Labute approximate surface area is 66.7 Å². The molecule has 0 aliphatic heterocycles. The fourth-order valence-electron chi connectivity index (χ4n) is 0.856. The summed E-state index contributed by atoms with van der Waals surface area (Å²) in [6, 6.07) is 0.343. The molecule has 0 spiro atoms. The van der Waals surface area contributed by atoms with Crippen molar-refractivity contribution in [3.8, 4) is 5.75 Å². The molecule has 3 heteroatoms. The van der Waals surface area contributed by atoms with Gasteiger partial charge in [-0.15, -0.1) is 0 Å². The molecule has 1 atom stereocenters. The molecule has 1 aromatic rings. The lowest BCUT2D eigenvalue weighted by molar-refractivity contribution is 0.373. The molecule has 3 nitrogen and oxygen atoms in total. The van der Waals surface area contributed by atoms with Crippen molar-refractivity contribution in [1.82, 2.24) is 9.78 Å². The van der Waals surface area contributed by atoms with E-state index in [2.05, 4.69) is 25.9 Å². The lowest BCUT2D eigenvalue weighted by Gasteiger charge is -2.15. The Kier molecular flexibility index (Phi) is 2.17. The van der Waals surface area contributed by atoms with Gasteiger partial charge >= 0.3 is 0 Å². The Hall–Kier alpha value is -0.990. The Bertz CT molecular complexity index is 230. The minimum Gasteiger partial charge on any atom is -0.505 e. The molecule has 0 amide bonds. The number of hydrogen-bond acceptors (Lipinski definition) is 2. The standard InChI is InChI=1S/C8H14N2O/c1-6(2)7(3)10-5-8(11)4-9-10/h4-7,11H,1-3H3. The van der Waals surface area contributed by atoms with Crippen molar-refractivity contribution in [3.63, 3.8) is 0 Å². The highest BCUT2D eigenvalue weighted by atomic mass is 16.3. The third-order valence-corrected chi connectivity index (χ3v) is 1.97. The second kappa shape index (κ2) is 2.95. The van der Waals surface area contributed by atoms with Gasteiger partial charge in [-0.1, -0.05) is 13.8 Å². The van der Waals surface area contributed by atoms with Gasteiger partial charge < -0.3 is 5.11 Å². The SMILES string of the molecule is CC(C)C(C)n1cc(O)cn1. The fourth-order valence-corrected chi connectivity index (χ4v) is 0.856. The van der Waals surface area contributed by atoms with Gasteiger partial charge in [0.15, 0.2) is 5.75 Å². The zero-order valence-electron chi connectivity index (χ0n) is 7.15. The van der Waals surface area contributed by atoms with Crippen LogP contribution in [0.1, 0.15) is 26.8 Å². The predicted octanol–water partition coefficient (Wildman–Crippen LogP) is 1.81. The highest BCUT2D eigenvalue weighted by molar-refractivity contribution is 5.08. The summed E-state index contributed by atoms with van der Waals surface area (Å²) in [6.45, 7) is 6.34. The third-order valence-electron chi connectivity index (χ3n) is 1.97. The lowest BCUT2D eigenvalue weighted by Crippen LogP contribution is -2.11. The Morgan fingerprint density at radius 3 is 2.45 bits per heavy atom. The molecule has 1 rings (SSSR count). The minimum atomic E-state index is 0.234. The molecule has 0 saturated heterocycles. The summed E-state index contributed by atoms with van der Waals surface area (Å²) in [7, 11) is 0. The molecule has 0 bridgehead atoms. The van der Waals surface area contributed by atoms with E-state index in [-0.39, 0.29) is 5.75 Å². The van der Waals surface area contributed by atoms with E-state index >= 15 is 0 Å². The molecule has 1 N–H and O–H groups in total. The zero-order chi connectivity index (χ0) is 8.43. The Balaban J connectivity index is 2.76.